The van der Waals surface area contributed by atoms with Gasteiger partial charge in [-0.15, -0.1) is 0 Å². The zero-order valence-electron chi connectivity index (χ0n) is 13.5. The molecule has 0 spiro atoms. The second kappa shape index (κ2) is 8.24. The van der Waals surface area contributed by atoms with Crippen LogP contribution < -0.4 is 10.6 Å². The summed E-state index contributed by atoms with van der Waals surface area (Å²) in [5.74, 6) is 0.482. The zero-order valence-corrected chi connectivity index (χ0v) is 15.1. The molecule has 1 aliphatic carbocycles. The number of benzene rings is 1. The molecule has 0 bridgehead atoms. The van der Waals surface area contributed by atoms with Crippen LogP contribution in [0.2, 0.25) is 0 Å². The minimum absolute atomic E-state index is 0.124. The van der Waals surface area contributed by atoms with Gasteiger partial charge in [-0.2, -0.15) is 0 Å². The number of nitrogens with one attached hydrogen (secondary N) is 2. The van der Waals surface area contributed by atoms with E-state index in [1.807, 2.05) is 24.3 Å². The summed E-state index contributed by atoms with van der Waals surface area (Å²) in [5.41, 5.74) is 1.30. The first-order valence-corrected chi connectivity index (χ1v) is 9.15. The Labute approximate surface area is 150 Å². The van der Waals surface area contributed by atoms with Crippen LogP contribution in [0.25, 0.3) is 0 Å². The molecule has 24 heavy (non-hydrogen) atoms. The van der Waals surface area contributed by atoms with Gasteiger partial charge in [0.25, 0.3) is 5.91 Å². The summed E-state index contributed by atoms with van der Waals surface area (Å²) in [7, 11) is 0. The number of carbonyl (C=O) groups excluding carboxylic acids is 1. The number of rotatable bonds is 4. The van der Waals surface area contributed by atoms with Gasteiger partial charge in [-0.25, -0.2) is 9.97 Å². The Morgan fingerprint density at radius 2 is 1.88 bits per heavy atom. The highest BCUT2D eigenvalue weighted by Gasteiger charge is 2.17. The quantitative estimate of drug-likeness (QED) is 0.759. The summed E-state index contributed by atoms with van der Waals surface area (Å²) in [4.78, 5) is 20.8. The van der Waals surface area contributed by atoms with Crippen LogP contribution in [0.3, 0.4) is 0 Å². The van der Waals surface area contributed by atoms with E-state index < -0.39 is 0 Å². The van der Waals surface area contributed by atoms with Crippen molar-refractivity contribution in [1.29, 1.82) is 0 Å². The molecular formula is C18H21BrN4O. The Bertz CT molecular complexity index is 699. The molecule has 0 radical (unpaired) electrons. The van der Waals surface area contributed by atoms with Crippen molar-refractivity contribution in [3.63, 3.8) is 0 Å². The number of carbonyl (C=O) groups is 1. The third-order valence-electron chi connectivity index (χ3n) is 4.19. The van der Waals surface area contributed by atoms with Crippen LogP contribution in [0.15, 0.2) is 41.1 Å². The van der Waals surface area contributed by atoms with Crippen molar-refractivity contribution < 1.29 is 4.79 Å². The molecule has 2 aromatic rings. The Morgan fingerprint density at radius 1 is 1.08 bits per heavy atom. The number of hydrogen-bond acceptors (Lipinski definition) is 4. The summed E-state index contributed by atoms with van der Waals surface area (Å²) >= 11 is 3.44. The normalized spacial score (nSPS) is 15.5. The first-order chi connectivity index (χ1) is 11.7. The van der Waals surface area contributed by atoms with Gasteiger partial charge in [0.05, 0.1) is 0 Å². The van der Waals surface area contributed by atoms with E-state index in [9.17, 15) is 4.79 Å². The SMILES string of the molecule is O=C(NC1CCCCCC1)c1cc(Nc2cccc(Br)c2)ncn1. The van der Waals surface area contributed by atoms with E-state index in [0.29, 0.717) is 11.5 Å². The minimum atomic E-state index is -0.124. The average molecular weight is 389 g/mol. The van der Waals surface area contributed by atoms with E-state index in [-0.39, 0.29) is 11.9 Å². The highest BCUT2D eigenvalue weighted by Crippen LogP contribution is 2.20. The monoisotopic (exact) mass is 388 g/mol. The van der Waals surface area contributed by atoms with Gasteiger partial charge in [0.15, 0.2) is 0 Å². The van der Waals surface area contributed by atoms with Gasteiger partial charge in [-0.3, -0.25) is 4.79 Å². The first-order valence-electron chi connectivity index (χ1n) is 8.36. The lowest BCUT2D eigenvalue weighted by Crippen LogP contribution is -2.34. The first kappa shape index (κ1) is 16.9. The van der Waals surface area contributed by atoms with Gasteiger partial charge >= 0.3 is 0 Å². The standard InChI is InChI=1S/C18H21BrN4O/c19-13-6-5-9-15(10-13)22-17-11-16(20-12-21-17)18(24)23-14-7-3-1-2-4-8-14/h5-6,9-12,14H,1-4,7-8H2,(H,23,24)(H,20,21,22). The molecule has 0 atom stereocenters. The van der Waals surface area contributed by atoms with Crippen LogP contribution in [-0.4, -0.2) is 21.9 Å². The average Bonchev–Trinajstić information content (AvgIpc) is 2.84. The van der Waals surface area contributed by atoms with Gasteiger partial charge in [0, 0.05) is 22.3 Å². The van der Waals surface area contributed by atoms with Crippen molar-refractivity contribution in [2.45, 2.75) is 44.6 Å². The van der Waals surface area contributed by atoms with Crippen LogP contribution in [0.4, 0.5) is 11.5 Å². The molecule has 2 N–H and O–H groups in total. The van der Waals surface area contributed by atoms with Crippen molar-refractivity contribution in [1.82, 2.24) is 15.3 Å². The lowest BCUT2D eigenvalue weighted by atomic mass is 10.1. The van der Waals surface area contributed by atoms with Crippen LogP contribution >= 0.6 is 15.9 Å². The Balaban J connectivity index is 1.66. The predicted octanol–water partition coefficient (Wildman–Crippen LogP) is 4.44. The molecule has 1 saturated carbocycles. The summed E-state index contributed by atoms with van der Waals surface area (Å²) < 4.78 is 0.980. The third kappa shape index (κ3) is 4.77. The molecule has 1 aliphatic rings. The van der Waals surface area contributed by atoms with Crippen LogP contribution in [0.5, 0.6) is 0 Å². The molecule has 0 saturated heterocycles. The second-order valence-electron chi connectivity index (χ2n) is 6.09. The molecule has 1 aromatic heterocycles. The molecule has 0 unspecified atom stereocenters. The van der Waals surface area contributed by atoms with Crippen molar-refractivity contribution in [3.05, 3.63) is 46.8 Å². The third-order valence-corrected chi connectivity index (χ3v) is 4.68. The fraction of sp³-hybridized carbons (Fsp3) is 0.389. The lowest BCUT2D eigenvalue weighted by molar-refractivity contribution is 0.0928. The molecule has 1 fully saturated rings. The van der Waals surface area contributed by atoms with E-state index in [0.717, 1.165) is 23.0 Å². The van der Waals surface area contributed by atoms with Gasteiger partial charge in [-0.05, 0) is 31.0 Å². The summed E-state index contributed by atoms with van der Waals surface area (Å²) in [5, 5.41) is 6.30. The maximum Gasteiger partial charge on any atom is 0.270 e. The Hall–Kier alpha value is -1.95. The number of nitrogens with zero attached hydrogens (tertiary/aromatic N) is 2. The molecular weight excluding hydrogens is 368 g/mol. The molecule has 1 heterocycles. The minimum Gasteiger partial charge on any atom is -0.348 e. The van der Waals surface area contributed by atoms with Gasteiger partial charge < -0.3 is 10.6 Å². The second-order valence-corrected chi connectivity index (χ2v) is 7.00. The van der Waals surface area contributed by atoms with E-state index >= 15 is 0 Å². The predicted molar refractivity (Wildman–Crippen MR) is 98.4 cm³/mol. The summed E-state index contributed by atoms with van der Waals surface area (Å²) in [6, 6.07) is 9.74. The number of halogens is 1. The number of aromatic nitrogens is 2. The van der Waals surface area contributed by atoms with E-state index in [1.165, 1.54) is 32.0 Å². The molecule has 6 heteroatoms. The van der Waals surface area contributed by atoms with E-state index in [2.05, 4.69) is 36.5 Å². The zero-order chi connectivity index (χ0) is 16.8. The van der Waals surface area contributed by atoms with Crippen molar-refractivity contribution in [2.24, 2.45) is 0 Å². The summed E-state index contributed by atoms with van der Waals surface area (Å²) in [6.07, 6.45) is 8.43. The molecule has 5 nitrogen and oxygen atoms in total. The van der Waals surface area contributed by atoms with Gasteiger partial charge in [0.1, 0.15) is 17.8 Å². The van der Waals surface area contributed by atoms with E-state index in [1.54, 1.807) is 6.07 Å². The van der Waals surface area contributed by atoms with Crippen LogP contribution in [0.1, 0.15) is 49.0 Å². The fourth-order valence-corrected chi connectivity index (χ4v) is 3.35. The highest BCUT2D eigenvalue weighted by molar-refractivity contribution is 9.10. The van der Waals surface area contributed by atoms with Gasteiger partial charge in [-0.1, -0.05) is 47.7 Å². The Kier molecular flexibility index (Phi) is 5.80. The smallest absolute Gasteiger partial charge is 0.270 e. The number of hydrogen-bond donors (Lipinski definition) is 2. The van der Waals surface area contributed by atoms with Crippen molar-refractivity contribution in [2.75, 3.05) is 5.32 Å². The fourth-order valence-electron chi connectivity index (χ4n) is 2.95. The molecule has 1 amide bonds. The van der Waals surface area contributed by atoms with Gasteiger partial charge in [0.2, 0.25) is 0 Å². The highest BCUT2D eigenvalue weighted by atomic mass is 79.9. The topological polar surface area (TPSA) is 66.9 Å². The molecule has 0 aliphatic heterocycles. The lowest BCUT2D eigenvalue weighted by Gasteiger charge is -2.16. The molecule has 3 rings (SSSR count). The number of anilines is 2. The largest absolute Gasteiger partial charge is 0.348 e. The van der Waals surface area contributed by atoms with E-state index in [4.69, 9.17) is 0 Å². The van der Waals surface area contributed by atoms with Crippen molar-refractivity contribution in [3.8, 4) is 0 Å². The molecule has 1 aromatic carbocycles. The van der Waals surface area contributed by atoms with Crippen LogP contribution in [0, 0.1) is 0 Å². The summed E-state index contributed by atoms with van der Waals surface area (Å²) in [6.45, 7) is 0. The number of amides is 1. The maximum atomic E-state index is 12.4. The maximum absolute atomic E-state index is 12.4. The molecule has 126 valence electrons. The Morgan fingerprint density at radius 3 is 2.62 bits per heavy atom. The van der Waals surface area contributed by atoms with Crippen molar-refractivity contribution >= 4 is 33.3 Å². The van der Waals surface area contributed by atoms with Crippen LogP contribution in [-0.2, 0) is 0 Å².